The van der Waals surface area contributed by atoms with E-state index in [1.807, 2.05) is 0 Å². The van der Waals surface area contributed by atoms with Crippen molar-refractivity contribution >= 4 is 9.52 Å². The minimum atomic E-state index is 0.341. The van der Waals surface area contributed by atoms with Gasteiger partial charge in [0.2, 0.25) is 0 Å². The first-order valence-electron chi connectivity index (χ1n) is 5.54. The second-order valence-corrected chi connectivity index (χ2v) is 8.87. The Bertz CT molecular complexity index is 168. The first kappa shape index (κ1) is 8.80. The summed E-state index contributed by atoms with van der Waals surface area (Å²) in [7, 11) is 0.341. The van der Waals surface area contributed by atoms with Gasteiger partial charge in [-0.15, -0.1) is 0 Å². The van der Waals surface area contributed by atoms with E-state index in [-0.39, 0.29) is 0 Å². The lowest BCUT2D eigenvalue weighted by Crippen LogP contribution is -2.18. The summed E-state index contributed by atoms with van der Waals surface area (Å²) in [6.45, 7) is 7.23. The van der Waals surface area contributed by atoms with Crippen molar-refractivity contribution in [1.82, 2.24) is 0 Å². The third-order valence-corrected chi connectivity index (χ3v) is 6.73. The van der Waals surface area contributed by atoms with Crippen LogP contribution in [-0.4, -0.2) is 9.52 Å². The molecule has 1 heterocycles. The summed E-state index contributed by atoms with van der Waals surface area (Å²) in [6, 6.07) is 0. The average molecular weight is 182 g/mol. The van der Waals surface area contributed by atoms with Gasteiger partial charge in [-0.25, -0.2) is 0 Å². The normalized spacial score (nSPS) is 42.8. The van der Waals surface area contributed by atoms with Crippen LogP contribution in [0.4, 0.5) is 0 Å². The van der Waals surface area contributed by atoms with Gasteiger partial charge in [0, 0.05) is 9.52 Å². The highest BCUT2D eigenvalue weighted by Gasteiger charge is 2.40. The van der Waals surface area contributed by atoms with Crippen molar-refractivity contribution in [3.63, 3.8) is 0 Å². The Balaban J connectivity index is 1.91. The fourth-order valence-electron chi connectivity index (χ4n) is 3.41. The van der Waals surface area contributed by atoms with Crippen molar-refractivity contribution in [3.8, 4) is 0 Å². The van der Waals surface area contributed by atoms with Crippen LogP contribution >= 0.6 is 0 Å². The summed E-state index contributed by atoms with van der Waals surface area (Å²) >= 11 is 0. The fraction of sp³-hybridized carbons (Fsp3) is 1.00. The molecule has 0 N–H and O–H groups in total. The van der Waals surface area contributed by atoms with Gasteiger partial charge in [0.1, 0.15) is 0 Å². The van der Waals surface area contributed by atoms with Crippen molar-refractivity contribution in [2.45, 2.75) is 57.5 Å². The third-order valence-electron chi connectivity index (χ3n) is 3.76. The van der Waals surface area contributed by atoms with Gasteiger partial charge in [0.05, 0.1) is 0 Å². The molecule has 12 heavy (non-hydrogen) atoms. The van der Waals surface area contributed by atoms with E-state index in [0.29, 0.717) is 14.9 Å². The maximum absolute atomic E-state index is 2.41. The molecule has 3 unspecified atom stereocenters. The molecule has 1 aliphatic heterocycles. The van der Waals surface area contributed by atoms with Crippen LogP contribution < -0.4 is 0 Å². The SMILES string of the molecule is CC(C)(C)CC1[SiH2]C2CCC1C2. The minimum Gasteiger partial charge on any atom is -0.0602 e. The highest BCUT2D eigenvalue weighted by molar-refractivity contribution is 6.41. The van der Waals surface area contributed by atoms with Crippen LogP contribution in [-0.2, 0) is 0 Å². The van der Waals surface area contributed by atoms with Crippen LogP contribution in [0.3, 0.4) is 0 Å². The number of hydrogen-bond donors (Lipinski definition) is 0. The highest BCUT2D eigenvalue weighted by atomic mass is 28.2. The second kappa shape index (κ2) is 2.86. The summed E-state index contributed by atoms with van der Waals surface area (Å²) in [6.07, 6.45) is 6.35. The number of hydrogen-bond acceptors (Lipinski definition) is 0. The Morgan fingerprint density at radius 2 is 2.00 bits per heavy atom. The zero-order valence-corrected chi connectivity index (χ0v) is 10.2. The quantitative estimate of drug-likeness (QED) is 0.547. The Labute approximate surface area is 79.0 Å². The molecule has 1 heteroatoms. The van der Waals surface area contributed by atoms with E-state index in [9.17, 15) is 0 Å². The monoisotopic (exact) mass is 182 g/mol. The van der Waals surface area contributed by atoms with Crippen molar-refractivity contribution in [1.29, 1.82) is 0 Å². The van der Waals surface area contributed by atoms with Gasteiger partial charge in [0.15, 0.2) is 0 Å². The smallest absolute Gasteiger partial charge is 0.0268 e. The standard InChI is InChI=1S/C11H22Si/c1-11(2,3)7-10-8-4-5-9(6-8)12-10/h8-10H,4-7,12H2,1-3H3. The van der Waals surface area contributed by atoms with E-state index in [1.165, 1.54) is 23.4 Å². The van der Waals surface area contributed by atoms with Gasteiger partial charge in [-0.2, -0.15) is 0 Å². The van der Waals surface area contributed by atoms with Crippen molar-refractivity contribution in [2.75, 3.05) is 0 Å². The van der Waals surface area contributed by atoms with Crippen LogP contribution in [0.1, 0.15) is 46.5 Å². The highest BCUT2D eigenvalue weighted by Crippen LogP contribution is 2.53. The molecule has 0 aromatic rings. The summed E-state index contributed by atoms with van der Waals surface area (Å²) in [5, 5.41) is 0. The molecule has 0 radical (unpaired) electrons. The molecule has 2 fully saturated rings. The van der Waals surface area contributed by atoms with Crippen LogP contribution in [0.25, 0.3) is 0 Å². The summed E-state index contributed by atoms with van der Waals surface area (Å²) in [5.41, 5.74) is 3.09. The molecule has 0 spiro atoms. The molecular formula is C11H22Si. The van der Waals surface area contributed by atoms with Gasteiger partial charge in [-0.3, -0.25) is 0 Å². The van der Waals surface area contributed by atoms with Crippen LogP contribution in [0, 0.1) is 11.3 Å². The van der Waals surface area contributed by atoms with Crippen molar-refractivity contribution < 1.29 is 0 Å². The molecule has 1 saturated carbocycles. The lowest BCUT2D eigenvalue weighted by Gasteiger charge is -2.28. The van der Waals surface area contributed by atoms with Gasteiger partial charge < -0.3 is 0 Å². The Hall–Kier alpha value is 0.217. The molecule has 0 nitrogen and oxygen atoms in total. The summed E-state index contributed by atoms with van der Waals surface area (Å²) in [5.74, 6) is 1.18. The van der Waals surface area contributed by atoms with Crippen LogP contribution in [0.15, 0.2) is 0 Å². The van der Waals surface area contributed by atoms with E-state index in [1.54, 1.807) is 19.3 Å². The van der Waals surface area contributed by atoms with Gasteiger partial charge in [-0.05, 0) is 23.3 Å². The average Bonchev–Trinajstić information content (AvgIpc) is 2.42. The topological polar surface area (TPSA) is 0 Å². The van der Waals surface area contributed by atoms with Crippen LogP contribution in [0.2, 0.25) is 11.1 Å². The Kier molecular flexibility index (Phi) is 2.10. The van der Waals surface area contributed by atoms with E-state index in [0.717, 1.165) is 0 Å². The fourth-order valence-corrected chi connectivity index (χ4v) is 7.21. The molecule has 0 amide bonds. The minimum absolute atomic E-state index is 0.341. The lowest BCUT2D eigenvalue weighted by atomic mass is 9.86. The Morgan fingerprint density at radius 3 is 2.42 bits per heavy atom. The number of fused-ring (bicyclic) bond motifs is 2. The Morgan fingerprint density at radius 1 is 1.25 bits per heavy atom. The zero-order chi connectivity index (χ0) is 8.77. The summed E-state index contributed by atoms with van der Waals surface area (Å²) < 4.78 is 0. The molecule has 2 aliphatic rings. The first-order valence-corrected chi connectivity index (χ1v) is 7.18. The summed E-state index contributed by atoms with van der Waals surface area (Å²) in [4.78, 5) is 0. The predicted molar refractivity (Wildman–Crippen MR) is 57.5 cm³/mol. The van der Waals surface area contributed by atoms with Gasteiger partial charge in [-0.1, -0.05) is 45.6 Å². The lowest BCUT2D eigenvalue weighted by molar-refractivity contribution is 0.328. The van der Waals surface area contributed by atoms with Gasteiger partial charge in [0.25, 0.3) is 0 Å². The maximum atomic E-state index is 2.41. The largest absolute Gasteiger partial charge is 0.0602 e. The molecule has 0 aromatic heterocycles. The second-order valence-electron chi connectivity index (χ2n) is 6.20. The molecule has 70 valence electrons. The first-order chi connectivity index (χ1) is 5.54. The van der Waals surface area contributed by atoms with Crippen molar-refractivity contribution in [2.24, 2.45) is 11.3 Å². The molecule has 2 bridgehead atoms. The van der Waals surface area contributed by atoms with E-state index in [4.69, 9.17) is 0 Å². The predicted octanol–water partition coefficient (Wildman–Crippen LogP) is 2.98. The van der Waals surface area contributed by atoms with Crippen LogP contribution in [0.5, 0.6) is 0 Å². The van der Waals surface area contributed by atoms with E-state index < -0.39 is 0 Å². The number of rotatable bonds is 1. The molecular weight excluding hydrogens is 160 g/mol. The molecule has 1 saturated heterocycles. The van der Waals surface area contributed by atoms with Crippen molar-refractivity contribution in [3.05, 3.63) is 0 Å². The third kappa shape index (κ3) is 1.76. The van der Waals surface area contributed by atoms with E-state index in [2.05, 4.69) is 20.8 Å². The van der Waals surface area contributed by atoms with Gasteiger partial charge >= 0.3 is 0 Å². The molecule has 2 rings (SSSR count). The molecule has 0 aromatic carbocycles. The maximum Gasteiger partial charge on any atom is 0.0268 e. The van der Waals surface area contributed by atoms with E-state index >= 15 is 0 Å². The molecule has 1 aliphatic carbocycles. The molecule has 3 atom stereocenters. The zero-order valence-electron chi connectivity index (χ0n) is 8.77.